The van der Waals surface area contributed by atoms with Crippen LogP contribution in [0.2, 0.25) is 0 Å². The molecule has 0 aliphatic heterocycles. The van der Waals surface area contributed by atoms with Gasteiger partial charge in [0.1, 0.15) is 17.8 Å². The highest BCUT2D eigenvalue weighted by Gasteiger charge is 2.09. The minimum absolute atomic E-state index is 0.227. The Morgan fingerprint density at radius 1 is 1.00 bits per heavy atom. The lowest BCUT2D eigenvalue weighted by Gasteiger charge is -2.10. The molecule has 0 atom stereocenters. The molecular formula is C20H20N4O. The van der Waals surface area contributed by atoms with E-state index in [4.69, 9.17) is 0 Å². The van der Waals surface area contributed by atoms with Gasteiger partial charge in [-0.3, -0.25) is 4.79 Å². The molecule has 0 unspecified atom stereocenters. The number of aryl methyl sites for hydroxylation is 2. The van der Waals surface area contributed by atoms with Crippen molar-refractivity contribution in [3.05, 3.63) is 83.3 Å². The molecule has 2 N–H and O–H groups in total. The van der Waals surface area contributed by atoms with Crippen LogP contribution in [0.1, 0.15) is 27.2 Å². The highest BCUT2D eigenvalue weighted by molar-refractivity contribution is 5.92. The van der Waals surface area contributed by atoms with Crippen LogP contribution in [0.5, 0.6) is 0 Å². The first-order valence-corrected chi connectivity index (χ1v) is 8.10. The van der Waals surface area contributed by atoms with E-state index in [1.165, 1.54) is 6.33 Å². The smallest absolute Gasteiger partial charge is 0.270 e. The standard InChI is InChI=1S/C20H20N4O/c1-14-8-9-15(2)17(10-14)24-19-11-18(22-13-23-19)20(25)21-12-16-6-4-3-5-7-16/h3-11,13H,12H2,1-2H3,(H,21,25)(H,22,23,24). The summed E-state index contributed by atoms with van der Waals surface area (Å²) in [4.78, 5) is 20.6. The van der Waals surface area contributed by atoms with Crippen molar-refractivity contribution in [2.24, 2.45) is 0 Å². The minimum atomic E-state index is -0.227. The van der Waals surface area contributed by atoms with Gasteiger partial charge in [-0.05, 0) is 36.6 Å². The van der Waals surface area contributed by atoms with Gasteiger partial charge in [-0.1, -0.05) is 42.5 Å². The Bertz CT molecular complexity index is 878. The molecule has 1 amide bonds. The van der Waals surface area contributed by atoms with Crippen molar-refractivity contribution < 1.29 is 4.79 Å². The highest BCUT2D eigenvalue weighted by Crippen LogP contribution is 2.20. The van der Waals surface area contributed by atoms with E-state index in [1.54, 1.807) is 6.07 Å². The number of nitrogens with one attached hydrogen (secondary N) is 2. The zero-order valence-electron chi connectivity index (χ0n) is 14.3. The molecule has 3 aromatic rings. The number of hydrogen-bond donors (Lipinski definition) is 2. The number of rotatable bonds is 5. The normalized spacial score (nSPS) is 10.3. The van der Waals surface area contributed by atoms with Gasteiger partial charge in [0.05, 0.1) is 0 Å². The number of amides is 1. The maximum absolute atomic E-state index is 12.3. The van der Waals surface area contributed by atoms with Gasteiger partial charge in [0.2, 0.25) is 0 Å². The van der Waals surface area contributed by atoms with Crippen molar-refractivity contribution in [3.8, 4) is 0 Å². The van der Waals surface area contributed by atoms with E-state index in [1.807, 2.05) is 56.3 Å². The second kappa shape index (κ2) is 7.57. The van der Waals surface area contributed by atoms with Crippen molar-refractivity contribution in [1.82, 2.24) is 15.3 Å². The molecule has 1 aromatic heterocycles. The van der Waals surface area contributed by atoms with Crippen LogP contribution < -0.4 is 10.6 Å². The summed E-state index contributed by atoms with van der Waals surface area (Å²) >= 11 is 0. The van der Waals surface area contributed by atoms with Gasteiger partial charge in [-0.2, -0.15) is 0 Å². The average Bonchev–Trinajstić information content (AvgIpc) is 2.64. The zero-order valence-corrected chi connectivity index (χ0v) is 14.3. The summed E-state index contributed by atoms with van der Waals surface area (Å²) in [5.41, 5.74) is 4.61. The van der Waals surface area contributed by atoms with Crippen LogP contribution in [-0.4, -0.2) is 15.9 Å². The lowest BCUT2D eigenvalue weighted by Crippen LogP contribution is -2.24. The average molecular weight is 332 g/mol. The lowest BCUT2D eigenvalue weighted by atomic mass is 10.1. The molecule has 0 aliphatic rings. The van der Waals surface area contributed by atoms with Crippen LogP contribution in [0, 0.1) is 13.8 Å². The van der Waals surface area contributed by atoms with Crippen LogP contribution in [0.3, 0.4) is 0 Å². The van der Waals surface area contributed by atoms with Crippen LogP contribution >= 0.6 is 0 Å². The fourth-order valence-corrected chi connectivity index (χ4v) is 2.43. The molecule has 5 nitrogen and oxygen atoms in total. The lowest BCUT2D eigenvalue weighted by molar-refractivity contribution is 0.0946. The fraction of sp³-hybridized carbons (Fsp3) is 0.150. The summed E-state index contributed by atoms with van der Waals surface area (Å²) in [7, 11) is 0. The maximum Gasteiger partial charge on any atom is 0.270 e. The number of hydrogen-bond acceptors (Lipinski definition) is 4. The van der Waals surface area contributed by atoms with E-state index in [0.29, 0.717) is 18.1 Å². The summed E-state index contributed by atoms with van der Waals surface area (Å²) in [5, 5.41) is 6.12. The van der Waals surface area contributed by atoms with E-state index in [-0.39, 0.29) is 5.91 Å². The number of benzene rings is 2. The number of anilines is 2. The van der Waals surface area contributed by atoms with Gasteiger partial charge >= 0.3 is 0 Å². The van der Waals surface area contributed by atoms with Crippen molar-refractivity contribution in [2.75, 3.05) is 5.32 Å². The molecule has 0 saturated carbocycles. The van der Waals surface area contributed by atoms with Gasteiger partial charge in [-0.15, -0.1) is 0 Å². The van der Waals surface area contributed by atoms with E-state index in [0.717, 1.165) is 22.4 Å². The van der Waals surface area contributed by atoms with Gasteiger partial charge in [0.25, 0.3) is 5.91 Å². The van der Waals surface area contributed by atoms with Crippen LogP contribution in [0.15, 0.2) is 60.9 Å². The third-order valence-electron chi connectivity index (χ3n) is 3.85. The topological polar surface area (TPSA) is 66.9 Å². The maximum atomic E-state index is 12.3. The number of carbonyl (C=O) groups excluding carboxylic acids is 1. The Labute approximate surface area is 147 Å². The van der Waals surface area contributed by atoms with Crippen LogP contribution in [0.25, 0.3) is 0 Å². The van der Waals surface area contributed by atoms with Crippen LogP contribution in [0.4, 0.5) is 11.5 Å². The second-order valence-electron chi connectivity index (χ2n) is 5.90. The van der Waals surface area contributed by atoms with Gasteiger partial charge < -0.3 is 10.6 Å². The molecule has 0 fully saturated rings. The summed E-state index contributed by atoms with van der Waals surface area (Å²) in [6.07, 6.45) is 1.39. The third kappa shape index (κ3) is 4.41. The molecule has 0 radical (unpaired) electrons. The Morgan fingerprint density at radius 3 is 2.60 bits per heavy atom. The molecule has 0 spiro atoms. The van der Waals surface area contributed by atoms with Crippen molar-refractivity contribution in [1.29, 1.82) is 0 Å². The Morgan fingerprint density at radius 2 is 1.80 bits per heavy atom. The predicted octanol–water partition coefficient (Wildman–Crippen LogP) is 3.77. The van der Waals surface area contributed by atoms with Crippen molar-refractivity contribution >= 4 is 17.4 Å². The second-order valence-corrected chi connectivity index (χ2v) is 5.90. The summed E-state index contributed by atoms with van der Waals surface area (Å²) in [6, 6.07) is 17.6. The number of aromatic nitrogens is 2. The molecule has 0 aliphatic carbocycles. The molecule has 1 heterocycles. The largest absolute Gasteiger partial charge is 0.347 e. The molecule has 2 aromatic carbocycles. The molecule has 3 rings (SSSR count). The molecule has 5 heteroatoms. The highest BCUT2D eigenvalue weighted by atomic mass is 16.1. The Balaban J connectivity index is 1.70. The Kier molecular flexibility index (Phi) is 5.04. The minimum Gasteiger partial charge on any atom is -0.347 e. The van der Waals surface area contributed by atoms with Gasteiger partial charge in [0.15, 0.2) is 0 Å². The van der Waals surface area contributed by atoms with Crippen LogP contribution in [-0.2, 0) is 6.54 Å². The zero-order chi connectivity index (χ0) is 17.6. The van der Waals surface area contributed by atoms with Crippen molar-refractivity contribution in [2.45, 2.75) is 20.4 Å². The first-order valence-electron chi connectivity index (χ1n) is 8.10. The first-order chi connectivity index (χ1) is 12.1. The van der Waals surface area contributed by atoms with E-state index in [2.05, 4.69) is 26.7 Å². The SMILES string of the molecule is Cc1ccc(C)c(Nc2cc(C(=O)NCc3ccccc3)ncn2)c1. The van der Waals surface area contributed by atoms with Gasteiger partial charge in [0, 0.05) is 18.3 Å². The quantitative estimate of drug-likeness (QED) is 0.746. The van der Waals surface area contributed by atoms with E-state index in [9.17, 15) is 4.79 Å². The summed E-state index contributed by atoms with van der Waals surface area (Å²) < 4.78 is 0. The molecule has 25 heavy (non-hydrogen) atoms. The fourth-order valence-electron chi connectivity index (χ4n) is 2.43. The van der Waals surface area contributed by atoms with Crippen molar-refractivity contribution in [3.63, 3.8) is 0 Å². The Hall–Kier alpha value is -3.21. The van der Waals surface area contributed by atoms with Gasteiger partial charge in [-0.25, -0.2) is 9.97 Å². The summed E-state index contributed by atoms with van der Waals surface area (Å²) in [6.45, 7) is 4.52. The van der Waals surface area contributed by atoms with E-state index >= 15 is 0 Å². The molecule has 0 saturated heterocycles. The van der Waals surface area contributed by atoms with E-state index < -0.39 is 0 Å². The third-order valence-corrected chi connectivity index (χ3v) is 3.85. The molecule has 0 bridgehead atoms. The monoisotopic (exact) mass is 332 g/mol. The predicted molar refractivity (Wildman–Crippen MR) is 98.8 cm³/mol. The molecular weight excluding hydrogens is 312 g/mol. The first kappa shape index (κ1) is 16.6. The summed E-state index contributed by atoms with van der Waals surface area (Å²) in [5.74, 6) is 0.365. The molecule has 126 valence electrons. The number of nitrogens with zero attached hydrogens (tertiary/aromatic N) is 2. The number of carbonyl (C=O) groups is 1.